The smallest absolute Gasteiger partial charge is 0.222 e. The number of aromatic hydroxyl groups is 1. The van der Waals surface area contributed by atoms with Crippen LogP contribution < -0.4 is 5.73 Å². The molecule has 1 heterocycles. The Labute approximate surface area is 84.9 Å². The van der Waals surface area contributed by atoms with E-state index in [0.717, 1.165) is 0 Å². The van der Waals surface area contributed by atoms with Gasteiger partial charge in [-0.15, -0.1) is 0 Å². The van der Waals surface area contributed by atoms with Gasteiger partial charge in [0, 0.05) is 11.6 Å². The summed E-state index contributed by atoms with van der Waals surface area (Å²) in [5.41, 5.74) is 6.59. The predicted molar refractivity (Wildman–Crippen MR) is 53.0 cm³/mol. The summed E-state index contributed by atoms with van der Waals surface area (Å²) in [6.45, 7) is 0. The van der Waals surface area contributed by atoms with Crippen molar-refractivity contribution >= 4 is 17.5 Å². The van der Waals surface area contributed by atoms with Crippen LogP contribution in [0.2, 0.25) is 5.02 Å². The lowest BCUT2D eigenvalue weighted by Gasteiger charge is -1.99. The summed E-state index contributed by atoms with van der Waals surface area (Å²) in [6.07, 6.45) is 0. The molecule has 72 valence electrons. The first-order valence-electron chi connectivity index (χ1n) is 3.88. The number of rotatable bonds is 1. The molecule has 0 atom stereocenters. The molecule has 0 radical (unpaired) electrons. The summed E-state index contributed by atoms with van der Waals surface area (Å²) in [6, 6.07) is 6.17. The van der Waals surface area contributed by atoms with Gasteiger partial charge in [-0.1, -0.05) is 16.8 Å². The van der Waals surface area contributed by atoms with Gasteiger partial charge in [0.15, 0.2) is 0 Å². The van der Waals surface area contributed by atoms with Gasteiger partial charge in [-0.25, -0.2) is 0 Å². The van der Waals surface area contributed by atoms with Gasteiger partial charge < -0.3 is 15.4 Å². The van der Waals surface area contributed by atoms with Crippen molar-refractivity contribution in [2.45, 2.75) is 0 Å². The van der Waals surface area contributed by atoms with Crippen molar-refractivity contribution in [3.8, 4) is 17.0 Å². The molecule has 5 heteroatoms. The zero-order chi connectivity index (χ0) is 10.1. The molecule has 0 aliphatic heterocycles. The van der Waals surface area contributed by atoms with Crippen molar-refractivity contribution in [3.63, 3.8) is 0 Å². The Morgan fingerprint density at radius 2 is 2.14 bits per heavy atom. The van der Waals surface area contributed by atoms with Gasteiger partial charge in [0.05, 0.1) is 5.02 Å². The molecule has 0 aliphatic carbocycles. The fourth-order valence-electron chi connectivity index (χ4n) is 1.13. The maximum Gasteiger partial charge on any atom is 0.222 e. The van der Waals surface area contributed by atoms with Crippen LogP contribution in [0, 0.1) is 0 Å². The quantitative estimate of drug-likeness (QED) is 0.758. The molecular formula is C9H7ClN2O2. The van der Waals surface area contributed by atoms with Crippen LogP contribution in [-0.4, -0.2) is 10.3 Å². The highest BCUT2D eigenvalue weighted by atomic mass is 35.5. The molecule has 0 saturated heterocycles. The Balaban J connectivity index is 2.52. The van der Waals surface area contributed by atoms with Crippen molar-refractivity contribution in [3.05, 3.63) is 29.3 Å². The van der Waals surface area contributed by atoms with Gasteiger partial charge in [0.1, 0.15) is 11.4 Å². The van der Waals surface area contributed by atoms with Crippen LogP contribution in [0.25, 0.3) is 11.3 Å². The maximum atomic E-state index is 9.14. The van der Waals surface area contributed by atoms with Crippen LogP contribution in [0.1, 0.15) is 0 Å². The Bertz CT molecular complexity index is 468. The number of nitrogen functional groups attached to an aromatic ring is 1. The molecule has 0 saturated carbocycles. The van der Waals surface area contributed by atoms with Gasteiger partial charge in [-0.3, -0.25) is 0 Å². The molecule has 2 rings (SSSR count). The molecule has 1 aromatic carbocycles. The number of hydrogen-bond donors (Lipinski definition) is 2. The molecular weight excluding hydrogens is 204 g/mol. The number of aromatic nitrogens is 1. The second kappa shape index (κ2) is 3.23. The Morgan fingerprint density at radius 3 is 2.71 bits per heavy atom. The highest BCUT2D eigenvalue weighted by molar-refractivity contribution is 6.33. The number of nitrogens with zero attached hydrogens (tertiary/aromatic N) is 1. The zero-order valence-corrected chi connectivity index (χ0v) is 7.82. The van der Waals surface area contributed by atoms with E-state index < -0.39 is 0 Å². The van der Waals surface area contributed by atoms with Crippen molar-refractivity contribution < 1.29 is 9.63 Å². The first-order chi connectivity index (χ1) is 6.66. The van der Waals surface area contributed by atoms with Crippen LogP contribution in [0.5, 0.6) is 5.75 Å². The minimum Gasteiger partial charge on any atom is -0.508 e. The summed E-state index contributed by atoms with van der Waals surface area (Å²) >= 11 is 5.89. The zero-order valence-electron chi connectivity index (χ0n) is 7.07. The molecule has 0 fully saturated rings. The Morgan fingerprint density at radius 1 is 1.36 bits per heavy atom. The number of hydrogen-bond acceptors (Lipinski definition) is 4. The van der Waals surface area contributed by atoms with Crippen molar-refractivity contribution in [1.82, 2.24) is 5.16 Å². The average molecular weight is 211 g/mol. The van der Waals surface area contributed by atoms with Crippen molar-refractivity contribution in [2.24, 2.45) is 0 Å². The summed E-state index contributed by atoms with van der Waals surface area (Å²) in [4.78, 5) is 0. The summed E-state index contributed by atoms with van der Waals surface area (Å²) < 4.78 is 4.71. The summed E-state index contributed by atoms with van der Waals surface area (Å²) in [5.74, 6) is 0.333. The first-order valence-corrected chi connectivity index (χ1v) is 4.25. The topological polar surface area (TPSA) is 72.3 Å². The molecule has 0 amide bonds. The van der Waals surface area contributed by atoms with Crippen molar-refractivity contribution in [2.75, 3.05) is 5.73 Å². The van der Waals surface area contributed by atoms with E-state index in [2.05, 4.69) is 5.16 Å². The van der Waals surface area contributed by atoms with Gasteiger partial charge in [0.2, 0.25) is 5.88 Å². The van der Waals surface area contributed by atoms with E-state index in [4.69, 9.17) is 27.0 Å². The monoisotopic (exact) mass is 210 g/mol. The summed E-state index contributed by atoms with van der Waals surface area (Å²) in [7, 11) is 0. The molecule has 4 nitrogen and oxygen atoms in total. The van der Waals surface area contributed by atoms with Crippen molar-refractivity contribution in [1.29, 1.82) is 0 Å². The number of phenolic OH excluding ortho intramolecular Hbond substituents is 1. The van der Waals surface area contributed by atoms with Crippen LogP contribution in [0.15, 0.2) is 28.8 Å². The van der Waals surface area contributed by atoms with E-state index in [1.807, 2.05) is 0 Å². The van der Waals surface area contributed by atoms with E-state index in [0.29, 0.717) is 16.3 Å². The Kier molecular flexibility index (Phi) is 2.05. The van der Waals surface area contributed by atoms with E-state index >= 15 is 0 Å². The molecule has 14 heavy (non-hydrogen) atoms. The standard InChI is InChI=1S/C9H7ClN2O2/c10-7-3-5(13)1-2-6(7)8-4-9(11)14-12-8/h1-4,13H,11H2. The third kappa shape index (κ3) is 1.52. The number of halogens is 1. The third-order valence-electron chi connectivity index (χ3n) is 1.76. The average Bonchev–Trinajstić information content (AvgIpc) is 2.51. The summed E-state index contributed by atoms with van der Waals surface area (Å²) in [5, 5.41) is 13.2. The second-order valence-corrected chi connectivity index (χ2v) is 3.19. The molecule has 0 bridgehead atoms. The third-order valence-corrected chi connectivity index (χ3v) is 2.07. The molecule has 0 unspecified atom stereocenters. The molecule has 1 aromatic heterocycles. The van der Waals surface area contributed by atoms with E-state index in [1.54, 1.807) is 12.1 Å². The highest BCUT2D eigenvalue weighted by Gasteiger charge is 2.08. The number of anilines is 1. The van der Waals surface area contributed by atoms with E-state index in [1.165, 1.54) is 12.1 Å². The lowest BCUT2D eigenvalue weighted by molar-refractivity contribution is 0.439. The van der Waals surface area contributed by atoms with Crippen LogP contribution >= 0.6 is 11.6 Å². The molecule has 3 N–H and O–H groups in total. The van der Waals surface area contributed by atoms with Crippen LogP contribution in [-0.2, 0) is 0 Å². The molecule has 0 aliphatic rings. The Hall–Kier alpha value is -1.68. The van der Waals surface area contributed by atoms with Crippen LogP contribution in [0.3, 0.4) is 0 Å². The number of phenols is 1. The lowest BCUT2D eigenvalue weighted by atomic mass is 10.1. The maximum absolute atomic E-state index is 9.14. The largest absolute Gasteiger partial charge is 0.508 e. The minimum absolute atomic E-state index is 0.107. The number of benzene rings is 1. The second-order valence-electron chi connectivity index (χ2n) is 2.78. The van der Waals surface area contributed by atoms with Gasteiger partial charge in [-0.05, 0) is 18.2 Å². The highest BCUT2D eigenvalue weighted by Crippen LogP contribution is 2.30. The van der Waals surface area contributed by atoms with Gasteiger partial charge in [-0.2, -0.15) is 0 Å². The van der Waals surface area contributed by atoms with Gasteiger partial charge >= 0.3 is 0 Å². The fraction of sp³-hybridized carbons (Fsp3) is 0. The van der Waals surface area contributed by atoms with Crippen LogP contribution in [0.4, 0.5) is 5.88 Å². The molecule has 2 aromatic rings. The van der Waals surface area contributed by atoms with Gasteiger partial charge in [0.25, 0.3) is 0 Å². The normalized spacial score (nSPS) is 10.4. The van der Waals surface area contributed by atoms with E-state index in [9.17, 15) is 0 Å². The minimum atomic E-state index is 0.107. The first kappa shape index (κ1) is 8.90. The SMILES string of the molecule is Nc1cc(-c2ccc(O)cc2Cl)no1. The predicted octanol–water partition coefficient (Wildman–Crippen LogP) is 2.28. The fourth-order valence-corrected chi connectivity index (χ4v) is 1.40. The lowest BCUT2D eigenvalue weighted by Crippen LogP contribution is -1.79. The number of nitrogens with two attached hydrogens (primary N) is 1. The molecule has 0 spiro atoms. The van der Waals surface area contributed by atoms with E-state index in [-0.39, 0.29) is 11.6 Å².